The predicted molar refractivity (Wildman–Crippen MR) is 122 cm³/mol. The smallest absolute Gasteiger partial charge is 0.261 e. The van der Waals surface area contributed by atoms with Crippen LogP contribution in [0.1, 0.15) is 17.3 Å². The Kier molecular flexibility index (Phi) is 5.71. The predicted octanol–water partition coefficient (Wildman–Crippen LogP) is 4.17. The Morgan fingerprint density at radius 2 is 1.68 bits per heavy atom. The van der Waals surface area contributed by atoms with Gasteiger partial charge in [-0.05, 0) is 61.5 Å². The second-order valence-electron chi connectivity index (χ2n) is 6.91. The molecule has 0 aromatic heterocycles. The van der Waals surface area contributed by atoms with Crippen molar-refractivity contribution in [3.8, 4) is 0 Å². The highest BCUT2D eigenvalue weighted by Crippen LogP contribution is 2.37. The second kappa shape index (κ2) is 8.44. The van der Waals surface area contributed by atoms with E-state index in [1.165, 1.54) is 36.0 Å². The molecule has 3 aromatic rings. The number of sulfonamides is 1. The molecule has 4 rings (SSSR count). The van der Waals surface area contributed by atoms with Crippen molar-refractivity contribution in [2.75, 3.05) is 15.4 Å². The van der Waals surface area contributed by atoms with Crippen molar-refractivity contribution in [1.82, 2.24) is 0 Å². The number of carbonyl (C=O) groups excluding carboxylic acids is 2. The highest BCUT2D eigenvalue weighted by molar-refractivity contribution is 8.01. The van der Waals surface area contributed by atoms with Gasteiger partial charge in [-0.15, -0.1) is 11.8 Å². The maximum Gasteiger partial charge on any atom is 0.261 e. The minimum Gasteiger partial charge on any atom is -0.324 e. The van der Waals surface area contributed by atoms with Gasteiger partial charge in [0, 0.05) is 21.8 Å². The summed E-state index contributed by atoms with van der Waals surface area (Å²) in [5, 5.41) is 5.42. The number of amides is 2. The third kappa shape index (κ3) is 4.73. The Morgan fingerprint density at radius 1 is 0.968 bits per heavy atom. The van der Waals surface area contributed by atoms with Gasteiger partial charge in [-0.25, -0.2) is 8.42 Å². The molecule has 1 unspecified atom stereocenters. The number of benzene rings is 3. The molecule has 0 bridgehead atoms. The first kappa shape index (κ1) is 21.0. The Hall–Kier alpha value is -3.30. The first-order valence-corrected chi connectivity index (χ1v) is 11.8. The van der Waals surface area contributed by atoms with Crippen LogP contribution in [0.25, 0.3) is 0 Å². The molecule has 1 aliphatic rings. The average Bonchev–Trinajstić information content (AvgIpc) is 2.75. The van der Waals surface area contributed by atoms with E-state index in [0.29, 0.717) is 22.6 Å². The fraction of sp³-hybridized carbons (Fsp3) is 0.0909. The van der Waals surface area contributed by atoms with E-state index in [0.717, 1.165) is 4.90 Å². The van der Waals surface area contributed by atoms with Gasteiger partial charge in [-0.3, -0.25) is 14.3 Å². The van der Waals surface area contributed by atoms with Crippen molar-refractivity contribution in [3.05, 3.63) is 78.4 Å². The molecule has 3 aromatic carbocycles. The van der Waals surface area contributed by atoms with Crippen molar-refractivity contribution in [1.29, 1.82) is 0 Å². The van der Waals surface area contributed by atoms with Gasteiger partial charge in [-0.2, -0.15) is 0 Å². The first-order valence-electron chi connectivity index (χ1n) is 9.43. The van der Waals surface area contributed by atoms with E-state index in [4.69, 9.17) is 0 Å². The van der Waals surface area contributed by atoms with Gasteiger partial charge >= 0.3 is 0 Å². The minimum atomic E-state index is -3.76. The normalized spacial score (nSPS) is 15.5. The van der Waals surface area contributed by atoms with Gasteiger partial charge in [-0.1, -0.05) is 18.2 Å². The van der Waals surface area contributed by atoms with Gasteiger partial charge in [0.2, 0.25) is 5.91 Å². The molecule has 1 aliphatic heterocycles. The molecule has 2 amide bonds. The molecule has 0 aliphatic carbocycles. The molecule has 1 atom stereocenters. The van der Waals surface area contributed by atoms with Crippen LogP contribution in [0.3, 0.4) is 0 Å². The number of fused-ring (bicyclic) bond motifs is 1. The third-order valence-corrected chi connectivity index (χ3v) is 7.20. The molecule has 0 saturated heterocycles. The molecule has 0 fully saturated rings. The van der Waals surface area contributed by atoms with Crippen LogP contribution in [-0.4, -0.2) is 25.5 Å². The summed E-state index contributed by atoms with van der Waals surface area (Å²) in [6, 6.07) is 19.5. The van der Waals surface area contributed by atoms with Crippen LogP contribution in [0.5, 0.6) is 0 Å². The van der Waals surface area contributed by atoms with Gasteiger partial charge in [0.1, 0.15) is 0 Å². The molecular formula is C22H19N3O4S2. The minimum absolute atomic E-state index is 0.0514. The standard InChI is InChI=1S/C22H19N3O4S2/c1-14-21(26)24-19-13-17(9-12-20(19)30-14)23-22(27)15-7-10-18(11-8-15)31(28,29)25-16-5-3-2-4-6-16/h2-14,25H,1H3,(H,23,27)(H,24,26). The number of hydrogen-bond acceptors (Lipinski definition) is 5. The van der Waals surface area contributed by atoms with Crippen LogP contribution in [0.15, 0.2) is 82.6 Å². The molecule has 158 valence electrons. The summed E-state index contributed by atoms with van der Waals surface area (Å²) in [6.07, 6.45) is 0. The van der Waals surface area contributed by atoms with Gasteiger partial charge < -0.3 is 10.6 Å². The van der Waals surface area contributed by atoms with Crippen molar-refractivity contribution >= 4 is 50.7 Å². The Bertz CT molecular complexity index is 1240. The lowest BCUT2D eigenvalue weighted by Crippen LogP contribution is -2.26. The van der Waals surface area contributed by atoms with Crippen LogP contribution in [0.4, 0.5) is 17.1 Å². The van der Waals surface area contributed by atoms with Gasteiger partial charge in [0.25, 0.3) is 15.9 Å². The summed E-state index contributed by atoms with van der Waals surface area (Å²) in [6.45, 7) is 1.83. The molecular weight excluding hydrogens is 434 g/mol. The summed E-state index contributed by atoms with van der Waals surface area (Å²) >= 11 is 1.46. The molecule has 0 radical (unpaired) electrons. The first-order chi connectivity index (χ1) is 14.8. The van der Waals surface area contributed by atoms with E-state index >= 15 is 0 Å². The fourth-order valence-electron chi connectivity index (χ4n) is 3.00. The molecule has 0 saturated carbocycles. The van der Waals surface area contributed by atoms with Crippen molar-refractivity contribution in [2.24, 2.45) is 0 Å². The van der Waals surface area contributed by atoms with E-state index in [9.17, 15) is 18.0 Å². The Balaban J connectivity index is 1.46. The largest absolute Gasteiger partial charge is 0.324 e. The number of para-hydroxylation sites is 1. The quantitative estimate of drug-likeness (QED) is 0.538. The van der Waals surface area contributed by atoms with E-state index in [-0.39, 0.29) is 22.0 Å². The van der Waals surface area contributed by atoms with E-state index in [2.05, 4.69) is 15.4 Å². The van der Waals surface area contributed by atoms with E-state index in [1.807, 2.05) is 13.0 Å². The second-order valence-corrected chi connectivity index (χ2v) is 9.98. The van der Waals surface area contributed by atoms with Crippen LogP contribution in [-0.2, 0) is 14.8 Å². The van der Waals surface area contributed by atoms with Gasteiger partial charge in [0.15, 0.2) is 0 Å². The van der Waals surface area contributed by atoms with Gasteiger partial charge in [0.05, 0.1) is 15.8 Å². The van der Waals surface area contributed by atoms with Crippen LogP contribution < -0.4 is 15.4 Å². The number of hydrogen-bond donors (Lipinski definition) is 3. The summed E-state index contributed by atoms with van der Waals surface area (Å²) < 4.78 is 27.5. The van der Waals surface area contributed by atoms with Crippen LogP contribution in [0.2, 0.25) is 0 Å². The fourth-order valence-corrected chi connectivity index (χ4v) is 4.98. The molecule has 9 heteroatoms. The maximum atomic E-state index is 12.6. The summed E-state index contributed by atoms with van der Waals surface area (Å²) in [4.78, 5) is 25.4. The lowest BCUT2D eigenvalue weighted by molar-refractivity contribution is -0.115. The lowest BCUT2D eigenvalue weighted by atomic mass is 10.2. The number of anilines is 3. The SMILES string of the molecule is CC1Sc2ccc(NC(=O)c3ccc(S(=O)(=O)Nc4ccccc4)cc3)cc2NC1=O. The number of nitrogens with one attached hydrogen (secondary N) is 3. The summed E-state index contributed by atoms with van der Waals surface area (Å²) in [7, 11) is -3.76. The highest BCUT2D eigenvalue weighted by atomic mass is 32.2. The topological polar surface area (TPSA) is 104 Å². The molecule has 1 heterocycles. The van der Waals surface area contributed by atoms with Crippen LogP contribution in [0, 0.1) is 0 Å². The maximum absolute atomic E-state index is 12.6. The number of carbonyl (C=O) groups is 2. The molecule has 3 N–H and O–H groups in total. The zero-order valence-electron chi connectivity index (χ0n) is 16.5. The van der Waals surface area contributed by atoms with Crippen molar-refractivity contribution in [3.63, 3.8) is 0 Å². The number of rotatable bonds is 5. The Morgan fingerprint density at radius 3 is 2.39 bits per heavy atom. The average molecular weight is 454 g/mol. The van der Waals surface area contributed by atoms with Crippen molar-refractivity contribution < 1.29 is 18.0 Å². The molecule has 7 nitrogen and oxygen atoms in total. The Labute approximate surface area is 184 Å². The van der Waals surface area contributed by atoms with Crippen LogP contribution >= 0.6 is 11.8 Å². The van der Waals surface area contributed by atoms with Crippen molar-refractivity contribution in [2.45, 2.75) is 22.0 Å². The van der Waals surface area contributed by atoms with E-state index in [1.54, 1.807) is 42.5 Å². The molecule has 0 spiro atoms. The monoisotopic (exact) mass is 453 g/mol. The highest BCUT2D eigenvalue weighted by Gasteiger charge is 2.23. The summed E-state index contributed by atoms with van der Waals surface area (Å²) in [5.74, 6) is -0.468. The zero-order valence-corrected chi connectivity index (χ0v) is 18.1. The summed E-state index contributed by atoms with van der Waals surface area (Å²) in [5.41, 5.74) is 1.95. The number of thioether (sulfide) groups is 1. The van der Waals surface area contributed by atoms with E-state index < -0.39 is 10.0 Å². The zero-order chi connectivity index (χ0) is 22.0. The third-order valence-electron chi connectivity index (χ3n) is 4.62. The lowest BCUT2D eigenvalue weighted by Gasteiger charge is -2.22. The molecule has 31 heavy (non-hydrogen) atoms.